The van der Waals surface area contributed by atoms with Crippen molar-refractivity contribution >= 4 is 17.9 Å². The fourth-order valence-corrected chi connectivity index (χ4v) is 1.71. The zero-order valence-corrected chi connectivity index (χ0v) is 10.7. The van der Waals surface area contributed by atoms with Crippen molar-refractivity contribution in [1.82, 2.24) is 15.0 Å². The summed E-state index contributed by atoms with van der Waals surface area (Å²) >= 11 is 0. The average molecular weight is 258 g/mol. The van der Waals surface area contributed by atoms with Gasteiger partial charge in [0.25, 0.3) is 0 Å². The van der Waals surface area contributed by atoms with Gasteiger partial charge < -0.3 is 5.32 Å². The van der Waals surface area contributed by atoms with Crippen LogP contribution >= 0.6 is 0 Å². The SMILES string of the molecule is Cc1c(C=O)nnn1C(C)C(=O)Nc1ccccc1. The molecule has 1 N–H and O–H groups in total. The number of rotatable bonds is 4. The summed E-state index contributed by atoms with van der Waals surface area (Å²) < 4.78 is 1.43. The van der Waals surface area contributed by atoms with E-state index >= 15 is 0 Å². The van der Waals surface area contributed by atoms with Gasteiger partial charge in [-0.2, -0.15) is 0 Å². The molecule has 0 aliphatic carbocycles. The van der Waals surface area contributed by atoms with E-state index in [1.165, 1.54) is 4.68 Å². The molecule has 0 radical (unpaired) electrons. The standard InChI is InChI=1S/C13H14N4O2/c1-9-12(8-18)15-16-17(9)10(2)13(19)14-11-6-4-3-5-7-11/h3-8,10H,1-2H3,(H,14,19). The maximum absolute atomic E-state index is 12.1. The first-order chi connectivity index (χ1) is 9.13. The van der Waals surface area contributed by atoms with Gasteiger partial charge >= 0.3 is 0 Å². The highest BCUT2D eigenvalue weighted by Gasteiger charge is 2.19. The van der Waals surface area contributed by atoms with Crippen LogP contribution in [0.4, 0.5) is 5.69 Å². The van der Waals surface area contributed by atoms with Crippen LogP contribution in [0.1, 0.15) is 29.1 Å². The van der Waals surface area contributed by atoms with Crippen LogP contribution in [0.3, 0.4) is 0 Å². The number of hydrogen-bond acceptors (Lipinski definition) is 4. The largest absolute Gasteiger partial charge is 0.324 e. The molecule has 19 heavy (non-hydrogen) atoms. The summed E-state index contributed by atoms with van der Waals surface area (Å²) in [5.74, 6) is -0.211. The van der Waals surface area contributed by atoms with E-state index in [-0.39, 0.29) is 11.6 Å². The molecule has 6 nitrogen and oxygen atoms in total. The highest BCUT2D eigenvalue weighted by molar-refractivity contribution is 5.93. The molecular weight excluding hydrogens is 244 g/mol. The number of anilines is 1. The molecule has 0 saturated heterocycles. The van der Waals surface area contributed by atoms with Gasteiger partial charge in [0.15, 0.2) is 6.29 Å². The van der Waals surface area contributed by atoms with Crippen LogP contribution in [-0.2, 0) is 4.79 Å². The predicted octanol–water partition coefficient (Wildman–Crippen LogP) is 1.60. The topological polar surface area (TPSA) is 76.9 Å². The number of carbonyl (C=O) groups excluding carboxylic acids is 2. The lowest BCUT2D eigenvalue weighted by molar-refractivity contribution is -0.119. The van der Waals surface area contributed by atoms with E-state index in [0.29, 0.717) is 17.7 Å². The van der Waals surface area contributed by atoms with Crippen molar-refractivity contribution in [3.63, 3.8) is 0 Å². The van der Waals surface area contributed by atoms with Gasteiger partial charge in [-0.25, -0.2) is 4.68 Å². The third kappa shape index (κ3) is 2.67. The van der Waals surface area contributed by atoms with Gasteiger partial charge in [-0.05, 0) is 26.0 Å². The average Bonchev–Trinajstić information content (AvgIpc) is 2.80. The van der Waals surface area contributed by atoms with Crippen molar-refractivity contribution in [2.24, 2.45) is 0 Å². The number of hydrogen-bond donors (Lipinski definition) is 1. The molecule has 2 aromatic rings. The summed E-state index contributed by atoms with van der Waals surface area (Å²) in [6.07, 6.45) is 0.626. The first-order valence-electron chi connectivity index (χ1n) is 5.86. The Kier molecular flexibility index (Phi) is 3.70. The number of para-hydroxylation sites is 1. The predicted molar refractivity (Wildman–Crippen MR) is 69.9 cm³/mol. The van der Waals surface area contributed by atoms with Crippen LogP contribution in [0.25, 0.3) is 0 Å². The number of benzene rings is 1. The van der Waals surface area contributed by atoms with Gasteiger partial charge in [-0.15, -0.1) is 5.10 Å². The Bertz CT molecular complexity index is 592. The molecule has 1 amide bonds. The van der Waals surface area contributed by atoms with Crippen LogP contribution in [0.5, 0.6) is 0 Å². The maximum atomic E-state index is 12.1. The first-order valence-corrected chi connectivity index (χ1v) is 5.86. The molecular formula is C13H14N4O2. The highest BCUT2D eigenvalue weighted by atomic mass is 16.2. The van der Waals surface area contributed by atoms with E-state index in [0.717, 1.165) is 0 Å². The molecule has 1 atom stereocenters. The van der Waals surface area contributed by atoms with Gasteiger partial charge in [-0.3, -0.25) is 9.59 Å². The number of carbonyl (C=O) groups is 2. The molecule has 0 saturated carbocycles. The van der Waals surface area contributed by atoms with Gasteiger partial charge in [-0.1, -0.05) is 23.4 Å². The van der Waals surface area contributed by atoms with Crippen LogP contribution in [0.2, 0.25) is 0 Å². The molecule has 1 aromatic heterocycles. The molecule has 6 heteroatoms. The molecule has 0 fully saturated rings. The van der Waals surface area contributed by atoms with Gasteiger partial charge in [0.05, 0.1) is 5.69 Å². The third-order valence-corrected chi connectivity index (χ3v) is 2.86. The Morgan fingerprint density at radius 3 is 2.63 bits per heavy atom. The van der Waals surface area contributed by atoms with E-state index in [2.05, 4.69) is 15.6 Å². The maximum Gasteiger partial charge on any atom is 0.249 e. The van der Waals surface area contributed by atoms with Crippen molar-refractivity contribution < 1.29 is 9.59 Å². The van der Waals surface area contributed by atoms with Crippen LogP contribution in [0.15, 0.2) is 30.3 Å². The normalized spacial score (nSPS) is 11.9. The second kappa shape index (κ2) is 5.43. The van der Waals surface area contributed by atoms with E-state index in [9.17, 15) is 9.59 Å². The third-order valence-electron chi connectivity index (χ3n) is 2.86. The Balaban J connectivity index is 2.15. The monoisotopic (exact) mass is 258 g/mol. The van der Waals surface area contributed by atoms with E-state index in [1.807, 2.05) is 18.2 Å². The number of aldehydes is 1. The minimum atomic E-state index is -0.540. The molecule has 1 heterocycles. The van der Waals surface area contributed by atoms with Crippen LogP contribution in [-0.4, -0.2) is 27.2 Å². The van der Waals surface area contributed by atoms with Crippen LogP contribution in [0, 0.1) is 6.92 Å². The first kappa shape index (κ1) is 12.9. The molecule has 2 rings (SSSR count). The molecule has 0 aliphatic heterocycles. The quantitative estimate of drug-likeness (QED) is 0.845. The van der Waals surface area contributed by atoms with Crippen molar-refractivity contribution in [1.29, 1.82) is 0 Å². The lowest BCUT2D eigenvalue weighted by Crippen LogP contribution is -2.25. The summed E-state index contributed by atoms with van der Waals surface area (Å²) in [4.78, 5) is 22.8. The zero-order chi connectivity index (χ0) is 13.8. The van der Waals surface area contributed by atoms with Gasteiger partial charge in [0.1, 0.15) is 11.7 Å². The minimum Gasteiger partial charge on any atom is -0.324 e. The Morgan fingerprint density at radius 1 is 1.37 bits per heavy atom. The van der Waals surface area contributed by atoms with Gasteiger partial charge in [0.2, 0.25) is 5.91 Å². The Morgan fingerprint density at radius 2 is 2.05 bits per heavy atom. The van der Waals surface area contributed by atoms with Gasteiger partial charge in [0, 0.05) is 5.69 Å². The lowest BCUT2D eigenvalue weighted by atomic mass is 10.2. The summed E-state index contributed by atoms with van der Waals surface area (Å²) in [5.41, 5.74) is 1.54. The summed E-state index contributed by atoms with van der Waals surface area (Å²) in [6, 6.07) is 8.61. The zero-order valence-electron chi connectivity index (χ0n) is 10.7. The summed E-state index contributed by atoms with van der Waals surface area (Å²) in [5, 5.41) is 10.3. The fourth-order valence-electron chi connectivity index (χ4n) is 1.71. The van der Waals surface area contributed by atoms with E-state index < -0.39 is 6.04 Å². The fraction of sp³-hybridized carbons (Fsp3) is 0.231. The number of nitrogens with one attached hydrogen (secondary N) is 1. The number of amides is 1. The molecule has 1 aromatic carbocycles. The second-order valence-electron chi connectivity index (χ2n) is 4.15. The van der Waals surface area contributed by atoms with E-state index in [1.54, 1.807) is 26.0 Å². The Labute approximate surface area is 110 Å². The molecule has 0 spiro atoms. The molecule has 1 unspecified atom stereocenters. The second-order valence-corrected chi connectivity index (χ2v) is 4.15. The van der Waals surface area contributed by atoms with Crippen molar-refractivity contribution in [2.45, 2.75) is 19.9 Å². The van der Waals surface area contributed by atoms with Crippen molar-refractivity contribution in [2.75, 3.05) is 5.32 Å². The Hall–Kier alpha value is -2.50. The smallest absolute Gasteiger partial charge is 0.249 e. The molecule has 98 valence electrons. The number of nitrogens with zero attached hydrogens (tertiary/aromatic N) is 3. The van der Waals surface area contributed by atoms with Crippen LogP contribution < -0.4 is 5.32 Å². The van der Waals surface area contributed by atoms with E-state index in [4.69, 9.17) is 0 Å². The minimum absolute atomic E-state index is 0.211. The molecule has 0 aliphatic rings. The summed E-state index contributed by atoms with van der Waals surface area (Å²) in [6.45, 7) is 3.41. The lowest BCUT2D eigenvalue weighted by Gasteiger charge is -2.13. The molecule has 0 bridgehead atoms. The highest BCUT2D eigenvalue weighted by Crippen LogP contribution is 2.13. The summed E-state index contributed by atoms with van der Waals surface area (Å²) in [7, 11) is 0. The number of aromatic nitrogens is 3. The van der Waals surface area contributed by atoms with Crippen molar-refractivity contribution in [3.8, 4) is 0 Å². The van der Waals surface area contributed by atoms with Crippen molar-refractivity contribution in [3.05, 3.63) is 41.7 Å².